The Morgan fingerprint density at radius 3 is 2.28 bits per heavy atom. The minimum atomic E-state index is -0.284. The van der Waals surface area contributed by atoms with E-state index in [0.29, 0.717) is 12.3 Å². The lowest BCUT2D eigenvalue weighted by atomic mass is 9.90. The van der Waals surface area contributed by atoms with Gasteiger partial charge in [0, 0.05) is 11.5 Å². The van der Waals surface area contributed by atoms with E-state index in [2.05, 4.69) is 67.6 Å². The molecule has 1 aliphatic rings. The molecule has 0 amide bonds. The van der Waals surface area contributed by atoms with Gasteiger partial charge < -0.3 is 9.15 Å². The monoisotopic (exact) mass is 426 g/mol. The molecule has 1 N–H and O–H groups in total. The van der Waals surface area contributed by atoms with Crippen molar-refractivity contribution >= 4 is 11.0 Å². The smallest absolute Gasteiger partial charge is 0.336 e. The summed E-state index contributed by atoms with van der Waals surface area (Å²) < 4.78 is 11.9. The molecular formula is C28H28NO3+. The van der Waals surface area contributed by atoms with Crippen molar-refractivity contribution < 1.29 is 14.1 Å². The van der Waals surface area contributed by atoms with Gasteiger partial charge in [0.15, 0.2) is 5.58 Å². The molecule has 5 rings (SSSR count). The maximum Gasteiger partial charge on any atom is 0.336 e. The molecule has 0 saturated heterocycles. The van der Waals surface area contributed by atoms with Gasteiger partial charge in [0.05, 0.1) is 18.0 Å². The highest BCUT2D eigenvalue weighted by Crippen LogP contribution is 2.31. The first-order valence-electron chi connectivity index (χ1n) is 11.4. The number of aryl methyl sites for hydroxylation is 1. The van der Waals surface area contributed by atoms with E-state index in [4.69, 9.17) is 9.15 Å². The highest BCUT2D eigenvalue weighted by molar-refractivity contribution is 5.85. The third kappa shape index (κ3) is 4.06. The molecule has 1 unspecified atom stereocenters. The number of benzene rings is 3. The van der Waals surface area contributed by atoms with Crippen molar-refractivity contribution in [2.45, 2.75) is 32.2 Å². The third-order valence-corrected chi connectivity index (χ3v) is 6.33. The van der Waals surface area contributed by atoms with Crippen molar-refractivity contribution in [2.75, 3.05) is 13.3 Å². The van der Waals surface area contributed by atoms with Crippen LogP contribution in [-0.2, 0) is 13.0 Å². The minimum Gasteiger partial charge on any atom is -0.445 e. The zero-order valence-corrected chi connectivity index (χ0v) is 18.3. The van der Waals surface area contributed by atoms with Crippen LogP contribution in [0.2, 0.25) is 0 Å². The van der Waals surface area contributed by atoms with Crippen molar-refractivity contribution in [2.24, 2.45) is 0 Å². The fraction of sp³-hybridized carbons (Fsp3) is 0.250. The molecule has 0 bridgehead atoms. The van der Waals surface area contributed by atoms with Crippen molar-refractivity contribution in [3.63, 3.8) is 0 Å². The summed E-state index contributed by atoms with van der Waals surface area (Å²) >= 11 is 0. The number of quaternary nitrogens is 1. The number of fused-ring (bicyclic) bond motifs is 3. The normalized spacial score (nSPS) is 15.5. The first-order chi connectivity index (χ1) is 15.7. The molecule has 0 radical (unpaired) electrons. The molecule has 4 heteroatoms. The van der Waals surface area contributed by atoms with Gasteiger partial charge in [0.1, 0.15) is 12.3 Å². The van der Waals surface area contributed by atoms with E-state index in [1.54, 1.807) is 6.07 Å². The standard InChI is InChI=1S/C28H27NO3/c1-2-9-22-16-27(30)32-28-23(22)14-15-26-25(28)18-29(19-31-26)17-24(20-10-5-3-6-11-20)21-12-7-4-8-13-21/h3-8,10-16,24H,2,9,17-19H2,1H3/p+1. The summed E-state index contributed by atoms with van der Waals surface area (Å²) in [5, 5.41) is 1.03. The average molecular weight is 427 g/mol. The Morgan fingerprint density at radius 2 is 1.62 bits per heavy atom. The second-order valence-corrected chi connectivity index (χ2v) is 8.55. The first kappa shape index (κ1) is 20.5. The predicted molar refractivity (Wildman–Crippen MR) is 126 cm³/mol. The number of rotatable bonds is 6. The molecule has 0 fully saturated rings. The van der Waals surface area contributed by atoms with E-state index >= 15 is 0 Å². The fourth-order valence-corrected chi connectivity index (χ4v) is 4.81. The first-order valence-corrected chi connectivity index (χ1v) is 11.4. The summed E-state index contributed by atoms with van der Waals surface area (Å²) in [6.45, 7) is 4.37. The molecule has 4 nitrogen and oxygen atoms in total. The lowest BCUT2D eigenvalue weighted by Crippen LogP contribution is -3.12. The van der Waals surface area contributed by atoms with Gasteiger partial charge >= 0.3 is 5.63 Å². The zero-order chi connectivity index (χ0) is 21.9. The van der Waals surface area contributed by atoms with Crippen molar-refractivity contribution in [1.29, 1.82) is 0 Å². The Morgan fingerprint density at radius 1 is 0.938 bits per heavy atom. The molecule has 4 aromatic rings. The Labute approximate surface area is 188 Å². The minimum absolute atomic E-state index is 0.259. The highest BCUT2D eigenvalue weighted by atomic mass is 16.5. The topological polar surface area (TPSA) is 43.9 Å². The molecule has 3 aromatic carbocycles. The summed E-state index contributed by atoms with van der Waals surface area (Å²) in [7, 11) is 0. The molecular weight excluding hydrogens is 398 g/mol. The molecule has 0 saturated carbocycles. The Bertz CT molecular complexity index is 1230. The molecule has 0 spiro atoms. The molecule has 162 valence electrons. The van der Waals surface area contributed by atoms with Crippen LogP contribution in [0.5, 0.6) is 5.75 Å². The van der Waals surface area contributed by atoms with Crippen LogP contribution in [0, 0.1) is 0 Å². The highest BCUT2D eigenvalue weighted by Gasteiger charge is 2.28. The van der Waals surface area contributed by atoms with Gasteiger partial charge in [-0.3, -0.25) is 4.90 Å². The van der Waals surface area contributed by atoms with Crippen LogP contribution in [0.1, 0.15) is 41.5 Å². The van der Waals surface area contributed by atoms with Crippen molar-refractivity contribution in [3.8, 4) is 5.75 Å². The van der Waals surface area contributed by atoms with Crippen LogP contribution >= 0.6 is 0 Å². The maximum absolute atomic E-state index is 12.3. The van der Waals surface area contributed by atoms with E-state index < -0.39 is 0 Å². The summed E-state index contributed by atoms with van der Waals surface area (Å²) in [6.07, 6.45) is 1.85. The van der Waals surface area contributed by atoms with E-state index in [1.165, 1.54) is 16.0 Å². The summed E-state index contributed by atoms with van der Waals surface area (Å²) in [4.78, 5) is 13.6. The lowest BCUT2D eigenvalue weighted by molar-refractivity contribution is -0.933. The molecule has 2 heterocycles. The van der Waals surface area contributed by atoms with Gasteiger partial charge in [-0.25, -0.2) is 4.79 Å². The van der Waals surface area contributed by atoms with E-state index in [0.717, 1.165) is 48.2 Å². The van der Waals surface area contributed by atoms with Crippen LogP contribution in [0.4, 0.5) is 0 Å². The molecule has 1 aromatic heterocycles. The molecule has 1 atom stereocenters. The summed E-state index contributed by atoms with van der Waals surface area (Å²) in [5.74, 6) is 1.09. The molecule has 32 heavy (non-hydrogen) atoms. The van der Waals surface area contributed by atoms with Gasteiger partial charge in [-0.2, -0.15) is 0 Å². The van der Waals surface area contributed by atoms with Gasteiger partial charge in [0.25, 0.3) is 0 Å². The number of hydrogen-bond donors (Lipinski definition) is 1. The van der Waals surface area contributed by atoms with Crippen LogP contribution < -0.4 is 15.3 Å². The number of nitrogens with one attached hydrogen (secondary N) is 1. The quantitative estimate of drug-likeness (QED) is 0.467. The van der Waals surface area contributed by atoms with Gasteiger partial charge in [-0.1, -0.05) is 74.0 Å². The van der Waals surface area contributed by atoms with Crippen molar-refractivity contribution in [3.05, 3.63) is 112 Å². The van der Waals surface area contributed by atoms with Gasteiger partial charge in [-0.15, -0.1) is 0 Å². The number of ether oxygens (including phenoxy) is 1. The second-order valence-electron chi connectivity index (χ2n) is 8.55. The van der Waals surface area contributed by atoms with Crippen LogP contribution in [0.25, 0.3) is 11.0 Å². The van der Waals surface area contributed by atoms with Crippen LogP contribution in [-0.4, -0.2) is 13.3 Å². The SMILES string of the molecule is CCCc1cc(=O)oc2c3c(ccc12)OC[NH+](CC(c1ccccc1)c1ccccc1)C3. The number of hydrogen-bond acceptors (Lipinski definition) is 3. The Hall–Kier alpha value is -3.37. The van der Waals surface area contributed by atoms with Gasteiger partial charge in [0.2, 0.25) is 6.73 Å². The van der Waals surface area contributed by atoms with Crippen LogP contribution in [0.15, 0.2) is 88.1 Å². The molecule has 0 aliphatic carbocycles. The second kappa shape index (κ2) is 9.01. The third-order valence-electron chi connectivity index (χ3n) is 6.33. The van der Waals surface area contributed by atoms with Crippen molar-refractivity contribution in [1.82, 2.24) is 0 Å². The molecule has 1 aliphatic heterocycles. The Balaban J connectivity index is 1.50. The fourth-order valence-electron chi connectivity index (χ4n) is 4.81. The lowest BCUT2D eigenvalue weighted by Gasteiger charge is -2.30. The summed E-state index contributed by atoms with van der Waals surface area (Å²) in [5.41, 5.74) is 5.05. The van der Waals surface area contributed by atoms with Crippen LogP contribution in [0.3, 0.4) is 0 Å². The largest absolute Gasteiger partial charge is 0.445 e. The summed E-state index contributed by atoms with van der Waals surface area (Å²) in [6, 6.07) is 27.0. The predicted octanol–water partition coefficient (Wildman–Crippen LogP) is 4.31. The van der Waals surface area contributed by atoms with E-state index in [-0.39, 0.29) is 11.5 Å². The van der Waals surface area contributed by atoms with E-state index in [1.807, 2.05) is 12.1 Å². The van der Waals surface area contributed by atoms with Gasteiger partial charge in [-0.05, 0) is 35.2 Å². The van der Waals surface area contributed by atoms with E-state index in [9.17, 15) is 4.79 Å². The maximum atomic E-state index is 12.3. The Kier molecular flexibility index (Phi) is 5.78. The average Bonchev–Trinajstić information content (AvgIpc) is 2.83. The zero-order valence-electron chi connectivity index (χ0n) is 18.3.